The third-order valence-corrected chi connectivity index (χ3v) is 2.76. The fraction of sp³-hybridized carbons (Fsp3) is 0.286. The Morgan fingerprint density at radius 2 is 1.92 bits per heavy atom. The molecule has 2 heterocycles. The van der Waals surface area contributed by atoms with Crippen molar-refractivity contribution >= 4 is 17.9 Å². The van der Waals surface area contributed by atoms with Gasteiger partial charge in [0.05, 0.1) is 19.0 Å². The van der Waals surface area contributed by atoms with E-state index in [0.717, 1.165) is 5.56 Å². The van der Waals surface area contributed by atoms with Crippen LogP contribution in [0.1, 0.15) is 6.42 Å². The predicted molar refractivity (Wildman–Crippen MR) is 80.2 cm³/mol. The number of anilines is 1. The number of halogens is 3. The molecule has 0 saturated heterocycles. The largest absolute Gasteiger partial charge is 0.490 e. The van der Waals surface area contributed by atoms with Crippen LogP contribution in [0.5, 0.6) is 0 Å². The number of methoxy groups -OCH3 is 1. The van der Waals surface area contributed by atoms with Crippen LogP contribution in [-0.4, -0.2) is 45.5 Å². The van der Waals surface area contributed by atoms with Crippen molar-refractivity contribution in [3.63, 3.8) is 0 Å². The van der Waals surface area contributed by atoms with Gasteiger partial charge in [-0.05, 0) is 0 Å². The Balaban J connectivity index is 0.000000359. The lowest BCUT2D eigenvalue weighted by atomic mass is 10.2. The highest BCUT2D eigenvalue weighted by atomic mass is 19.4. The summed E-state index contributed by atoms with van der Waals surface area (Å²) in [6, 6.07) is 3.65. The quantitative estimate of drug-likeness (QED) is 0.587. The zero-order valence-electron chi connectivity index (χ0n) is 13.5. The fourth-order valence-electron chi connectivity index (χ4n) is 1.57. The fourth-order valence-corrected chi connectivity index (χ4v) is 1.57. The van der Waals surface area contributed by atoms with Gasteiger partial charge in [-0.1, -0.05) is 0 Å². The molecule has 0 unspecified atom stereocenters. The van der Waals surface area contributed by atoms with Crippen molar-refractivity contribution in [2.45, 2.75) is 19.1 Å². The van der Waals surface area contributed by atoms with Crippen LogP contribution in [-0.2, 0) is 20.9 Å². The number of carbonyl (C=O) groups is 2. The lowest BCUT2D eigenvalue weighted by molar-refractivity contribution is -0.695. The van der Waals surface area contributed by atoms with Crippen LogP contribution in [0.4, 0.5) is 19.1 Å². The van der Waals surface area contributed by atoms with Gasteiger partial charge in [-0.3, -0.25) is 4.79 Å². The summed E-state index contributed by atoms with van der Waals surface area (Å²) in [7, 11) is 0.676. The SMILES string of the molecule is COC(=O)C(F)(F)F.Nc1nncc(-c2cc[n+](CCC(=O)O)cc2)n1. The van der Waals surface area contributed by atoms with Gasteiger partial charge in [-0.15, -0.1) is 5.10 Å². The molecule has 0 saturated carbocycles. The smallest absolute Gasteiger partial charge is 0.481 e. The summed E-state index contributed by atoms with van der Waals surface area (Å²) in [5.41, 5.74) is 6.93. The Hall–Kier alpha value is -3.31. The first-order valence-electron chi connectivity index (χ1n) is 6.95. The van der Waals surface area contributed by atoms with Crippen molar-refractivity contribution < 1.29 is 37.2 Å². The second-order valence-corrected chi connectivity index (χ2v) is 4.66. The van der Waals surface area contributed by atoms with Crippen LogP contribution in [0.3, 0.4) is 0 Å². The molecule has 0 aliphatic heterocycles. The number of carboxylic acids is 1. The molecule has 0 amide bonds. The number of aryl methyl sites for hydroxylation is 1. The minimum atomic E-state index is -4.85. The molecule has 0 aliphatic rings. The summed E-state index contributed by atoms with van der Waals surface area (Å²) in [4.78, 5) is 24.0. The average molecular weight is 374 g/mol. The van der Waals surface area contributed by atoms with Crippen LogP contribution < -0.4 is 10.3 Å². The number of nitrogen functional groups attached to an aromatic ring is 1. The van der Waals surface area contributed by atoms with Gasteiger partial charge in [0.2, 0.25) is 5.95 Å². The van der Waals surface area contributed by atoms with E-state index >= 15 is 0 Å². The van der Waals surface area contributed by atoms with E-state index in [2.05, 4.69) is 19.9 Å². The molecule has 0 fully saturated rings. The Kier molecular flexibility index (Phi) is 7.37. The highest BCUT2D eigenvalue weighted by Gasteiger charge is 2.40. The van der Waals surface area contributed by atoms with E-state index in [9.17, 15) is 22.8 Å². The number of nitrogens with zero attached hydrogens (tertiary/aromatic N) is 4. The molecule has 3 N–H and O–H groups in total. The maximum Gasteiger partial charge on any atom is 0.490 e. The molecule has 12 heteroatoms. The second kappa shape index (κ2) is 9.25. The number of hydrogen-bond acceptors (Lipinski definition) is 7. The first-order chi connectivity index (χ1) is 12.1. The molecule has 26 heavy (non-hydrogen) atoms. The molecule has 2 aromatic heterocycles. The summed E-state index contributed by atoms with van der Waals surface area (Å²) in [5.74, 6) is -2.87. The lowest BCUT2D eigenvalue weighted by Gasteiger charge is -1.99. The average Bonchev–Trinajstić information content (AvgIpc) is 2.59. The molecule has 0 radical (unpaired) electrons. The topological polar surface area (TPSA) is 132 Å². The number of pyridine rings is 1. The minimum absolute atomic E-state index is 0.0893. The number of carboxylic acid groups (broad SMARTS) is 1. The van der Waals surface area contributed by atoms with Gasteiger partial charge < -0.3 is 15.6 Å². The third kappa shape index (κ3) is 7.07. The number of aromatic nitrogens is 4. The Morgan fingerprint density at radius 1 is 1.31 bits per heavy atom. The molecule has 0 atom stereocenters. The molecule has 0 bridgehead atoms. The number of hydrogen-bond donors (Lipinski definition) is 2. The standard InChI is InChI=1S/C11H11N5O2.C3H3F3O2/c12-11-14-9(7-13-15-11)8-1-4-16(5-2-8)6-3-10(17)18;1-8-2(7)3(4,5)6/h1-2,4-5,7H,3,6H2,(H2-,12,14,15,17,18);1H3/p+1. The van der Waals surface area contributed by atoms with Gasteiger partial charge >= 0.3 is 18.1 Å². The summed E-state index contributed by atoms with van der Waals surface area (Å²) in [5, 5.41) is 15.9. The minimum Gasteiger partial charge on any atom is -0.481 e. The lowest BCUT2D eigenvalue weighted by Crippen LogP contribution is -2.33. The molecule has 0 aliphatic carbocycles. The summed E-state index contributed by atoms with van der Waals surface area (Å²) in [6.07, 6.45) is 0.335. The number of nitrogens with two attached hydrogens (primary N) is 1. The van der Waals surface area contributed by atoms with Crippen molar-refractivity contribution in [1.82, 2.24) is 15.2 Å². The van der Waals surface area contributed by atoms with Crippen LogP contribution in [0.2, 0.25) is 0 Å². The first-order valence-corrected chi connectivity index (χ1v) is 6.95. The summed E-state index contributed by atoms with van der Waals surface area (Å²) in [6.45, 7) is 0.430. The highest BCUT2D eigenvalue weighted by molar-refractivity contribution is 5.75. The Morgan fingerprint density at radius 3 is 2.35 bits per heavy atom. The van der Waals surface area contributed by atoms with E-state index in [4.69, 9.17) is 10.8 Å². The van der Waals surface area contributed by atoms with Crippen molar-refractivity contribution in [2.75, 3.05) is 12.8 Å². The van der Waals surface area contributed by atoms with E-state index in [1.54, 1.807) is 17.0 Å². The number of rotatable bonds is 4. The number of esters is 1. The Bertz CT molecular complexity index is 753. The monoisotopic (exact) mass is 374 g/mol. The van der Waals surface area contributed by atoms with Crippen LogP contribution in [0.25, 0.3) is 11.3 Å². The maximum atomic E-state index is 11.0. The maximum absolute atomic E-state index is 11.0. The van der Waals surface area contributed by atoms with Gasteiger partial charge in [0.25, 0.3) is 0 Å². The molecule has 0 spiro atoms. The van der Waals surface area contributed by atoms with E-state index < -0.39 is 18.1 Å². The molecule has 2 aromatic rings. The molecular formula is C14H15F3N5O4+. The van der Waals surface area contributed by atoms with Crippen molar-refractivity contribution in [2.24, 2.45) is 0 Å². The zero-order valence-corrected chi connectivity index (χ0v) is 13.5. The normalized spacial score (nSPS) is 10.5. The van der Waals surface area contributed by atoms with Crippen LogP contribution in [0.15, 0.2) is 30.7 Å². The predicted octanol–water partition coefficient (Wildman–Crippen LogP) is 0.605. The number of alkyl halides is 3. The van der Waals surface area contributed by atoms with Gasteiger partial charge in [0.1, 0.15) is 6.42 Å². The van der Waals surface area contributed by atoms with Gasteiger partial charge in [0, 0.05) is 17.7 Å². The van der Waals surface area contributed by atoms with E-state index in [0.29, 0.717) is 19.3 Å². The highest BCUT2D eigenvalue weighted by Crippen LogP contribution is 2.15. The van der Waals surface area contributed by atoms with E-state index in [-0.39, 0.29) is 12.4 Å². The summed E-state index contributed by atoms with van der Waals surface area (Å²) >= 11 is 0. The van der Waals surface area contributed by atoms with Gasteiger partial charge in [-0.25, -0.2) is 14.3 Å². The third-order valence-electron chi connectivity index (χ3n) is 2.76. The van der Waals surface area contributed by atoms with Crippen LogP contribution >= 0.6 is 0 Å². The first kappa shape index (κ1) is 20.7. The molecule has 2 rings (SSSR count). The van der Waals surface area contributed by atoms with E-state index in [1.807, 2.05) is 12.1 Å². The number of ether oxygens (including phenoxy) is 1. The molecule has 140 valence electrons. The Labute approximate surface area is 145 Å². The van der Waals surface area contributed by atoms with Crippen molar-refractivity contribution in [3.8, 4) is 11.3 Å². The van der Waals surface area contributed by atoms with E-state index in [1.165, 1.54) is 6.20 Å². The second-order valence-electron chi connectivity index (χ2n) is 4.66. The number of carbonyl (C=O) groups excluding carboxylic acids is 1. The zero-order chi connectivity index (χ0) is 19.7. The van der Waals surface area contributed by atoms with Gasteiger partial charge in [0.15, 0.2) is 18.9 Å². The molecular weight excluding hydrogens is 359 g/mol. The number of aliphatic carboxylic acids is 1. The van der Waals surface area contributed by atoms with Gasteiger partial charge in [-0.2, -0.15) is 18.3 Å². The summed E-state index contributed by atoms with van der Waals surface area (Å²) < 4.78 is 38.1. The van der Waals surface area contributed by atoms with Crippen molar-refractivity contribution in [3.05, 3.63) is 30.7 Å². The molecule has 9 nitrogen and oxygen atoms in total. The van der Waals surface area contributed by atoms with Crippen molar-refractivity contribution in [1.29, 1.82) is 0 Å². The molecule has 0 aromatic carbocycles. The van der Waals surface area contributed by atoms with Crippen LogP contribution in [0, 0.1) is 0 Å².